The Balaban J connectivity index is 2.63. The van der Waals surface area contributed by atoms with Crippen LogP contribution in [-0.2, 0) is 4.74 Å². The van der Waals surface area contributed by atoms with Gasteiger partial charge in [0, 0.05) is 12.2 Å². The summed E-state index contributed by atoms with van der Waals surface area (Å²) >= 11 is 0. The summed E-state index contributed by atoms with van der Waals surface area (Å²) in [6, 6.07) is 3.87. The van der Waals surface area contributed by atoms with E-state index in [1.54, 1.807) is 13.1 Å². The van der Waals surface area contributed by atoms with Gasteiger partial charge in [-0.25, -0.2) is 8.78 Å². The lowest BCUT2D eigenvalue weighted by Gasteiger charge is -2.17. The molecule has 0 heterocycles. The number of hydrogen-bond acceptors (Lipinski definition) is 2. The molecule has 1 N–H and O–H groups in total. The Hall–Kier alpha value is -1.00. The fraction of sp³-hybridized carbons (Fsp3) is 0.538. The van der Waals surface area contributed by atoms with Gasteiger partial charge in [-0.1, -0.05) is 25.5 Å². The highest BCUT2D eigenvalue weighted by Gasteiger charge is 2.16. The molecular formula is C13H19F2NO. The highest BCUT2D eigenvalue weighted by atomic mass is 19.2. The van der Waals surface area contributed by atoms with Crippen LogP contribution in [0.3, 0.4) is 0 Å². The fourth-order valence-electron chi connectivity index (χ4n) is 1.57. The Morgan fingerprint density at radius 2 is 2.12 bits per heavy atom. The summed E-state index contributed by atoms with van der Waals surface area (Å²) in [6.45, 7) is 3.06. The van der Waals surface area contributed by atoms with Gasteiger partial charge in [-0.15, -0.1) is 0 Å². The van der Waals surface area contributed by atoms with E-state index in [0.29, 0.717) is 18.8 Å². The third-order valence-electron chi connectivity index (χ3n) is 2.63. The number of ether oxygens (including phenoxy) is 1. The minimum atomic E-state index is -0.823. The van der Waals surface area contributed by atoms with Crippen molar-refractivity contribution in [1.82, 2.24) is 5.32 Å². The molecule has 1 aromatic carbocycles. The second-order valence-corrected chi connectivity index (χ2v) is 3.91. The lowest BCUT2D eigenvalue weighted by molar-refractivity contribution is 0.110. The summed E-state index contributed by atoms with van der Waals surface area (Å²) in [5.74, 6) is -1.62. The summed E-state index contributed by atoms with van der Waals surface area (Å²) in [6.07, 6.45) is 2.03. The first kappa shape index (κ1) is 14.1. The summed E-state index contributed by atoms with van der Waals surface area (Å²) in [7, 11) is 1.71. The maximum atomic E-state index is 13.5. The van der Waals surface area contributed by atoms with E-state index in [1.165, 1.54) is 6.07 Å². The van der Waals surface area contributed by atoms with E-state index in [9.17, 15) is 8.78 Å². The van der Waals surface area contributed by atoms with Crippen molar-refractivity contribution < 1.29 is 13.5 Å². The van der Waals surface area contributed by atoms with Gasteiger partial charge in [-0.2, -0.15) is 0 Å². The number of nitrogens with one attached hydrogen (secondary N) is 1. The molecule has 0 radical (unpaired) electrons. The van der Waals surface area contributed by atoms with Gasteiger partial charge >= 0.3 is 0 Å². The van der Waals surface area contributed by atoms with Crippen LogP contribution in [0.15, 0.2) is 18.2 Å². The lowest BCUT2D eigenvalue weighted by atomic mass is 10.1. The monoisotopic (exact) mass is 243 g/mol. The first-order valence-electron chi connectivity index (χ1n) is 5.89. The van der Waals surface area contributed by atoms with Crippen LogP contribution in [0.2, 0.25) is 0 Å². The van der Waals surface area contributed by atoms with E-state index in [4.69, 9.17) is 4.74 Å². The SMILES string of the molecule is CCCCOCC(NC)c1cccc(F)c1F. The van der Waals surface area contributed by atoms with Crippen LogP contribution in [0, 0.1) is 11.6 Å². The standard InChI is InChI=1S/C13H19F2NO/c1-3-4-8-17-9-12(16-2)10-6-5-7-11(14)13(10)15/h5-7,12,16H,3-4,8-9H2,1-2H3. The number of likely N-dealkylation sites (N-methyl/N-ethyl adjacent to an activating group) is 1. The van der Waals surface area contributed by atoms with Gasteiger partial charge in [0.15, 0.2) is 11.6 Å². The number of rotatable bonds is 7. The first-order valence-corrected chi connectivity index (χ1v) is 5.89. The van der Waals surface area contributed by atoms with Crippen molar-refractivity contribution in [2.45, 2.75) is 25.8 Å². The van der Waals surface area contributed by atoms with Gasteiger partial charge in [0.1, 0.15) is 0 Å². The zero-order chi connectivity index (χ0) is 12.7. The molecule has 0 saturated carbocycles. The smallest absolute Gasteiger partial charge is 0.163 e. The summed E-state index contributed by atoms with van der Waals surface area (Å²) < 4.78 is 32.0. The molecule has 1 rings (SSSR count). The van der Waals surface area contributed by atoms with Crippen molar-refractivity contribution in [3.8, 4) is 0 Å². The molecule has 0 fully saturated rings. The number of benzene rings is 1. The maximum Gasteiger partial charge on any atom is 0.163 e. The summed E-state index contributed by atoms with van der Waals surface area (Å²) in [5.41, 5.74) is 0.309. The molecule has 1 aromatic rings. The van der Waals surface area contributed by atoms with Crippen molar-refractivity contribution >= 4 is 0 Å². The van der Waals surface area contributed by atoms with E-state index in [1.807, 2.05) is 0 Å². The molecule has 0 saturated heterocycles. The summed E-state index contributed by atoms with van der Waals surface area (Å²) in [4.78, 5) is 0. The minimum Gasteiger partial charge on any atom is -0.379 e. The predicted octanol–water partition coefficient (Wildman–Crippen LogP) is 3.04. The van der Waals surface area contributed by atoms with Crippen molar-refractivity contribution in [2.24, 2.45) is 0 Å². The molecule has 0 amide bonds. The molecule has 0 aliphatic rings. The Kier molecular flexibility index (Phi) is 6.08. The first-order chi connectivity index (χ1) is 8.20. The maximum absolute atomic E-state index is 13.5. The lowest BCUT2D eigenvalue weighted by Crippen LogP contribution is -2.23. The largest absolute Gasteiger partial charge is 0.379 e. The van der Waals surface area contributed by atoms with Gasteiger partial charge in [0.05, 0.1) is 12.6 Å². The highest BCUT2D eigenvalue weighted by Crippen LogP contribution is 2.19. The van der Waals surface area contributed by atoms with Crippen molar-refractivity contribution in [3.05, 3.63) is 35.4 Å². The normalized spacial score (nSPS) is 12.7. The quantitative estimate of drug-likeness (QED) is 0.743. The van der Waals surface area contributed by atoms with Gasteiger partial charge in [-0.3, -0.25) is 0 Å². The van der Waals surface area contributed by atoms with Crippen LogP contribution in [0.25, 0.3) is 0 Å². The van der Waals surface area contributed by atoms with E-state index in [2.05, 4.69) is 12.2 Å². The van der Waals surface area contributed by atoms with Gasteiger partial charge in [0.25, 0.3) is 0 Å². The van der Waals surface area contributed by atoms with Gasteiger partial charge in [-0.05, 0) is 19.5 Å². The molecular weight excluding hydrogens is 224 g/mol. The van der Waals surface area contributed by atoms with E-state index in [0.717, 1.165) is 18.9 Å². The Bertz CT molecular complexity index is 344. The zero-order valence-electron chi connectivity index (χ0n) is 10.3. The van der Waals surface area contributed by atoms with Crippen LogP contribution in [0.1, 0.15) is 31.4 Å². The van der Waals surface area contributed by atoms with Crippen LogP contribution in [0.4, 0.5) is 8.78 Å². The number of halogens is 2. The molecule has 4 heteroatoms. The molecule has 0 aliphatic carbocycles. The van der Waals surface area contributed by atoms with E-state index >= 15 is 0 Å². The van der Waals surface area contributed by atoms with Gasteiger partial charge < -0.3 is 10.1 Å². The van der Waals surface area contributed by atoms with E-state index in [-0.39, 0.29) is 6.04 Å². The third-order valence-corrected chi connectivity index (χ3v) is 2.63. The summed E-state index contributed by atoms with van der Waals surface area (Å²) in [5, 5.41) is 2.93. The van der Waals surface area contributed by atoms with Crippen LogP contribution < -0.4 is 5.32 Å². The van der Waals surface area contributed by atoms with Crippen molar-refractivity contribution in [1.29, 1.82) is 0 Å². The highest BCUT2D eigenvalue weighted by molar-refractivity contribution is 5.22. The molecule has 2 nitrogen and oxygen atoms in total. The van der Waals surface area contributed by atoms with Gasteiger partial charge in [0.2, 0.25) is 0 Å². The topological polar surface area (TPSA) is 21.3 Å². The predicted molar refractivity (Wildman–Crippen MR) is 63.9 cm³/mol. The molecule has 0 bridgehead atoms. The number of unbranched alkanes of at least 4 members (excludes halogenated alkanes) is 1. The van der Waals surface area contributed by atoms with Crippen LogP contribution in [-0.4, -0.2) is 20.3 Å². The van der Waals surface area contributed by atoms with Crippen LogP contribution >= 0.6 is 0 Å². The Morgan fingerprint density at radius 1 is 1.35 bits per heavy atom. The molecule has 0 aliphatic heterocycles. The average Bonchev–Trinajstić information content (AvgIpc) is 2.34. The zero-order valence-corrected chi connectivity index (χ0v) is 10.3. The second kappa shape index (κ2) is 7.35. The molecule has 0 aromatic heterocycles. The Labute approximate surface area is 101 Å². The molecule has 1 atom stereocenters. The fourth-order valence-corrected chi connectivity index (χ4v) is 1.57. The van der Waals surface area contributed by atoms with Crippen molar-refractivity contribution in [3.63, 3.8) is 0 Å². The van der Waals surface area contributed by atoms with Crippen LogP contribution in [0.5, 0.6) is 0 Å². The Morgan fingerprint density at radius 3 is 2.76 bits per heavy atom. The molecule has 96 valence electrons. The minimum absolute atomic E-state index is 0.309. The number of hydrogen-bond donors (Lipinski definition) is 1. The molecule has 0 spiro atoms. The molecule has 17 heavy (non-hydrogen) atoms. The van der Waals surface area contributed by atoms with E-state index < -0.39 is 11.6 Å². The molecule has 1 unspecified atom stereocenters. The third kappa shape index (κ3) is 4.06. The average molecular weight is 243 g/mol. The second-order valence-electron chi connectivity index (χ2n) is 3.91. The van der Waals surface area contributed by atoms with Crippen molar-refractivity contribution in [2.75, 3.05) is 20.3 Å².